The zero-order valence-corrected chi connectivity index (χ0v) is 11.2. The van der Waals surface area contributed by atoms with Crippen molar-refractivity contribution in [1.29, 1.82) is 0 Å². The van der Waals surface area contributed by atoms with Crippen LogP contribution in [-0.2, 0) is 0 Å². The van der Waals surface area contributed by atoms with E-state index in [-0.39, 0.29) is 11.5 Å². The Morgan fingerprint density at radius 3 is 2.63 bits per heavy atom. The molecule has 6 heteroatoms. The van der Waals surface area contributed by atoms with Gasteiger partial charge in [0.25, 0.3) is 0 Å². The SMILES string of the molecule is CC(=O)c1ccccc1O[C@H]1SC[C@@H](O)[C@H](O)[C@H]1O. The number of benzene rings is 1. The topological polar surface area (TPSA) is 87.0 Å². The summed E-state index contributed by atoms with van der Waals surface area (Å²) in [5.74, 6) is 0.507. The number of carbonyl (C=O) groups excluding carboxylic acids is 1. The minimum absolute atomic E-state index is 0.133. The first-order chi connectivity index (χ1) is 9.00. The highest BCUT2D eigenvalue weighted by Crippen LogP contribution is 2.30. The molecule has 0 spiro atoms. The third-order valence-electron chi connectivity index (χ3n) is 2.96. The lowest BCUT2D eigenvalue weighted by atomic mass is 10.1. The molecule has 4 atom stereocenters. The Balaban J connectivity index is 2.15. The average Bonchev–Trinajstić information content (AvgIpc) is 2.40. The van der Waals surface area contributed by atoms with Gasteiger partial charge in [-0.25, -0.2) is 0 Å². The average molecular weight is 284 g/mol. The first-order valence-electron chi connectivity index (χ1n) is 5.93. The van der Waals surface area contributed by atoms with E-state index in [1.807, 2.05) is 0 Å². The number of hydrogen-bond donors (Lipinski definition) is 3. The van der Waals surface area contributed by atoms with Crippen LogP contribution in [0, 0.1) is 0 Å². The van der Waals surface area contributed by atoms with Gasteiger partial charge in [-0.15, -0.1) is 11.8 Å². The fraction of sp³-hybridized carbons (Fsp3) is 0.462. The van der Waals surface area contributed by atoms with E-state index in [2.05, 4.69) is 0 Å². The number of aliphatic hydroxyl groups excluding tert-OH is 3. The minimum atomic E-state index is -1.24. The lowest BCUT2D eigenvalue weighted by Gasteiger charge is -2.34. The number of para-hydroxylation sites is 1. The Bertz CT molecular complexity index is 464. The predicted molar refractivity (Wildman–Crippen MR) is 71.3 cm³/mol. The molecule has 5 nitrogen and oxygen atoms in total. The molecule has 0 amide bonds. The molecule has 0 unspecified atom stereocenters. The van der Waals surface area contributed by atoms with E-state index >= 15 is 0 Å². The van der Waals surface area contributed by atoms with E-state index in [1.165, 1.54) is 18.7 Å². The van der Waals surface area contributed by atoms with Crippen LogP contribution >= 0.6 is 11.8 Å². The van der Waals surface area contributed by atoms with Crippen molar-refractivity contribution in [2.45, 2.75) is 30.7 Å². The number of carbonyl (C=O) groups is 1. The van der Waals surface area contributed by atoms with Gasteiger partial charge in [-0.3, -0.25) is 4.79 Å². The number of thioether (sulfide) groups is 1. The lowest BCUT2D eigenvalue weighted by Crippen LogP contribution is -2.50. The summed E-state index contributed by atoms with van der Waals surface area (Å²) in [5, 5.41) is 28.9. The van der Waals surface area contributed by atoms with E-state index in [0.717, 1.165) is 0 Å². The van der Waals surface area contributed by atoms with Gasteiger partial charge in [-0.1, -0.05) is 12.1 Å². The first-order valence-corrected chi connectivity index (χ1v) is 6.98. The Hall–Kier alpha value is -1.08. The van der Waals surface area contributed by atoms with E-state index < -0.39 is 23.7 Å². The van der Waals surface area contributed by atoms with Crippen molar-refractivity contribution in [2.24, 2.45) is 0 Å². The van der Waals surface area contributed by atoms with Crippen molar-refractivity contribution in [3.8, 4) is 5.75 Å². The Morgan fingerprint density at radius 2 is 1.95 bits per heavy atom. The molecule has 1 aliphatic rings. The fourth-order valence-corrected chi connectivity index (χ4v) is 2.98. The molecule has 0 bridgehead atoms. The quantitative estimate of drug-likeness (QED) is 0.698. The normalized spacial score (nSPS) is 30.9. The molecular formula is C13H16O5S. The third kappa shape index (κ3) is 3.09. The second-order valence-corrected chi connectivity index (χ2v) is 5.55. The predicted octanol–water partition coefficient (Wildman–Crippen LogP) is 0.424. The second-order valence-electron chi connectivity index (χ2n) is 4.42. The van der Waals surface area contributed by atoms with Crippen LogP contribution in [0.15, 0.2) is 24.3 Å². The number of rotatable bonds is 3. The number of Topliss-reactive ketones (excluding diaryl/α,β-unsaturated/α-hetero) is 1. The molecular weight excluding hydrogens is 268 g/mol. The van der Waals surface area contributed by atoms with Gasteiger partial charge >= 0.3 is 0 Å². The van der Waals surface area contributed by atoms with Crippen LogP contribution in [0.3, 0.4) is 0 Å². The monoisotopic (exact) mass is 284 g/mol. The summed E-state index contributed by atoms with van der Waals surface area (Å²) in [7, 11) is 0. The molecule has 0 radical (unpaired) electrons. The molecule has 1 fully saturated rings. The van der Waals surface area contributed by atoms with Gasteiger partial charge in [0, 0.05) is 5.75 Å². The van der Waals surface area contributed by atoms with E-state index in [1.54, 1.807) is 24.3 Å². The molecule has 3 N–H and O–H groups in total. The van der Waals surface area contributed by atoms with Crippen LogP contribution in [0.25, 0.3) is 0 Å². The van der Waals surface area contributed by atoms with Crippen molar-refractivity contribution < 1.29 is 24.9 Å². The molecule has 0 aliphatic carbocycles. The maximum Gasteiger partial charge on any atom is 0.173 e. The van der Waals surface area contributed by atoms with Gasteiger partial charge in [0.05, 0.1) is 11.7 Å². The molecule has 1 saturated heterocycles. The first kappa shape index (κ1) is 14.3. The molecule has 0 saturated carbocycles. The van der Waals surface area contributed by atoms with Crippen molar-refractivity contribution in [3.63, 3.8) is 0 Å². The van der Waals surface area contributed by atoms with Crippen LogP contribution in [-0.4, -0.2) is 50.6 Å². The van der Waals surface area contributed by atoms with Crippen LogP contribution in [0.2, 0.25) is 0 Å². The number of aliphatic hydroxyl groups is 3. The summed E-state index contributed by atoms with van der Waals surface area (Å²) in [6.07, 6.45) is -3.41. The maximum atomic E-state index is 11.5. The standard InChI is InChI=1S/C13H16O5S/c1-7(14)8-4-2-3-5-10(8)18-13-12(17)11(16)9(15)6-19-13/h2-5,9,11-13,15-17H,6H2,1H3/t9-,11+,12-,13+/m1/s1. The second kappa shape index (κ2) is 5.92. The van der Waals surface area contributed by atoms with Gasteiger partial charge < -0.3 is 20.1 Å². The van der Waals surface area contributed by atoms with Crippen LogP contribution in [0.1, 0.15) is 17.3 Å². The number of hydrogen-bond acceptors (Lipinski definition) is 6. The van der Waals surface area contributed by atoms with E-state index in [4.69, 9.17) is 4.74 Å². The summed E-state index contributed by atoms with van der Waals surface area (Å²) in [5.41, 5.74) is -0.283. The minimum Gasteiger partial charge on any atom is -0.476 e. The Morgan fingerprint density at radius 1 is 1.26 bits per heavy atom. The van der Waals surface area contributed by atoms with Crippen molar-refractivity contribution >= 4 is 17.5 Å². The van der Waals surface area contributed by atoms with Gasteiger partial charge in [0.2, 0.25) is 0 Å². The van der Waals surface area contributed by atoms with Crippen molar-refractivity contribution in [3.05, 3.63) is 29.8 Å². The van der Waals surface area contributed by atoms with E-state index in [9.17, 15) is 20.1 Å². The van der Waals surface area contributed by atoms with Gasteiger partial charge in [-0.2, -0.15) is 0 Å². The highest BCUT2D eigenvalue weighted by molar-refractivity contribution is 7.99. The number of ketones is 1. The lowest BCUT2D eigenvalue weighted by molar-refractivity contribution is -0.0786. The zero-order valence-electron chi connectivity index (χ0n) is 10.4. The molecule has 1 aliphatic heterocycles. The maximum absolute atomic E-state index is 11.5. The van der Waals surface area contributed by atoms with E-state index in [0.29, 0.717) is 11.3 Å². The molecule has 1 heterocycles. The van der Waals surface area contributed by atoms with Crippen molar-refractivity contribution in [2.75, 3.05) is 5.75 Å². The van der Waals surface area contributed by atoms with Crippen LogP contribution in [0.5, 0.6) is 5.75 Å². The zero-order chi connectivity index (χ0) is 14.0. The summed E-state index contributed by atoms with van der Waals surface area (Å²) < 4.78 is 5.60. The Kier molecular flexibility index (Phi) is 4.46. The van der Waals surface area contributed by atoms with Crippen LogP contribution < -0.4 is 4.74 Å². The van der Waals surface area contributed by atoms with Gasteiger partial charge in [0.1, 0.15) is 18.0 Å². The van der Waals surface area contributed by atoms with Gasteiger partial charge in [-0.05, 0) is 19.1 Å². The molecule has 19 heavy (non-hydrogen) atoms. The van der Waals surface area contributed by atoms with Crippen molar-refractivity contribution in [1.82, 2.24) is 0 Å². The Labute approximate surface area is 115 Å². The third-order valence-corrected chi connectivity index (χ3v) is 4.20. The smallest absolute Gasteiger partial charge is 0.173 e. The molecule has 1 aromatic carbocycles. The summed E-state index contributed by atoms with van der Waals surface area (Å²) in [6, 6.07) is 6.74. The highest BCUT2D eigenvalue weighted by atomic mass is 32.2. The summed E-state index contributed by atoms with van der Waals surface area (Å²) >= 11 is 1.20. The summed E-state index contributed by atoms with van der Waals surface area (Å²) in [6.45, 7) is 1.44. The molecule has 1 aromatic rings. The molecule has 0 aromatic heterocycles. The molecule has 104 valence electrons. The highest BCUT2D eigenvalue weighted by Gasteiger charge is 2.38. The fourth-order valence-electron chi connectivity index (χ4n) is 1.87. The largest absolute Gasteiger partial charge is 0.476 e. The summed E-state index contributed by atoms with van der Waals surface area (Å²) in [4.78, 5) is 11.5. The van der Waals surface area contributed by atoms with Gasteiger partial charge in [0.15, 0.2) is 11.2 Å². The number of ether oxygens (including phenoxy) is 1. The molecule has 2 rings (SSSR count). The van der Waals surface area contributed by atoms with Crippen LogP contribution in [0.4, 0.5) is 0 Å².